The first kappa shape index (κ1) is 10.9. The summed E-state index contributed by atoms with van der Waals surface area (Å²) >= 11 is 3.36. The molecule has 0 atom stereocenters. The van der Waals surface area contributed by atoms with Crippen LogP contribution in [0.5, 0.6) is 0 Å². The van der Waals surface area contributed by atoms with Gasteiger partial charge in [-0.2, -0.15) is 0 Å². The molecular formula is C11H9BrN2O2. The zero-order valence-corrected chi connectivity index (χ0v) is 10.1. The summed E-state index contributed by atoms with van der Waals surface area (Å²) in [6, 6.07) is 3.76. The summed E-state index contributed by atoms with van der Waals surface area (Å²) in [4.78, 5) is 14.8. The van der Waals surface area contributed by atoms with Crippen LogP contribution in [0.2, 0.25) is 0 Å². The minimum atomic E-state index is -0.966. The fourth-order valence-corrected chi connectivity index (χ4v) is 1.83. The number of hydrogen-bond acceptors (Lipinski definition) is 2. The zero-order chi connectivity index (χ0) is 11.7. The molecule has 0 saturated heterocycles. The van der Waals surface area contributed by atoms with Crippen molar-refractivity contribution in [1.82, 2.24) is 9.38 Å². The summed E-state index contributed by atoms with van der Waals surface area (Å²) in [5, 5.41) is 8.60. The number of carboxylic acid groups (broad SMARTS) is 1. The van der Waals surface area contributed by atoms with Crippen molar-refractivity contribution in [1.29, 1.82) is 0 Å². The lowest BCUT2D eigenvalue weighted by atomic mass is 10.3. The van der Waals surface area contributed by atoms with E-state index in [0.717, 1.165) is 27.6 Å². The van der Waals surface area contributed by atoms with Crippen LogP contribution in [-0.2, 0) is 4.79 Å². The van der Waals surface area contributed by atoms with Gasteiger partial charge in [0.1, 0.15) is 5.65 Å². The summed E-state index contributed by atoms with van der Waals surface area (Å²) in [6.07, 6.45) is 4.50. The topological polar surface area (TPSA) is 54.6 Å². The second kappa shape index (κ2) is 4.09. The third-order valence-corrected chi connectivity index (χ3v) is 2.69. The Labute approximate surface area is 100 Å². The highest BCUT2D eigenvalue weighted by molar-refractivity contribution is 9.10. The molecule has 0 saturated carbocycles. The molecule has 0 spiro atoms. The Bertz CT molecular complexity index is 587. The number of halogens is 1. The fourth-order valence-electron chi connectivity index (χ4n) is 1.51. The van der Waals surface area contributed by atoms with Gasteiger partial charge in [0.25, 0.3) is 0 Å². The summed E-state index contributed by atoms with van der Waals surface area (Å²) in [5.41, 5.74) is 2.37. The van der Waals surface area contributed by atoms with E-state index in [0.29, 0.717) is 0 Å². The van der Waals surface area contributed by atoms with Gasteiger partial charge in [-0.05, 0) is 25.1 Å². The first-order valence-corrected chi connectivity index (χ1v) is 5.42. The van der Waals surface area contributed by atoms with Crippen LogP contribution < -0.4 is 0 Å². The molecule has 0 fully saturated rings. The number of imidazole rings is 1. The van der Waals surface area contributed by atoms with E-state index in [9.17, 15) is 4.79 Å². The van der Waals surface area contributed by atoms with E-state index in [2.05, 4.69) is 20.9 Å². The number of pyridine rings is 1. The zero-order valence-electron chi connectivity index (χ0n) is 8.51. The molecule has 0 bridgehead atoms. The average molecular weight is 281 g/mol. The molecule has 0 aromatic carbocycles. The molecule has 2 aromatic rings. The number of carboxylic acids is 1. The molecule has 0 aliphatic rings. The van der Waals surface area contributed by atoms with Gasteiger partial charge in [-0.25, -0.2) is 9.78 Å². The van der Waals surface area contributed by atoms with Crippen molar-refractivity contribution in [2.24, 2.45) is 0 Å². The van der Waals surface area contributed by atoms with Crippen molar-refractivity contribution in [2.75, 3.05) is 0 Å². The van der Waals surface area contributed by atoms with E-state index >= 15 is 0 Å². The normalized spacial score (nSPS) is 11.4. The van der Waals surface area contributed by atoms with Crippen molar-refractivity contribution in [3.8, 4) is 0 Å². The molecule has 1 N–H and O–H groups in total. The number of aliphatic carboxylic acids is 1. The van der Waals surface area contributed by atoms with E-state index in [-0.39, 0.29) is 0 Å². The van der Waals surface area contributed by atoms with Crippen LogP contribution in [0.1, 0.15) is 11.4 Å². The van der Waals surface area contributed by atoms with Crippen molar-refractivity contribution in [3.63, 3.8) is 0 Å². The van der Waals surface area contributed by atoms with E-state index in [1.807, 2.05) is 29.7 Å². The molecule has 2 aromatic heterocycles. The number of aromatic nitrogens is 2. The summed E-state index contributed by atoms with van der Waals surface area (Å²) in [5.74, 6) is -0.966. The summed E-state index contributed by atoms with van der Waals surface area (Å²) in [7, 11) is 0. The molecule has 2 rings (SSSR count). The van der Waals surface area contributed by atoms with Crippen molar-refractivity contribution in [3.05, 3.63) is 40.3 Å². The second-order valence-electron chi connectivity index (χ2n) is 3.33. The minimum absolute atomic E-state index is 0.782. The Balaban J connectivity index is 2.60. The van der Waals surface area contributed by atoms with Crippen LogP contribution in [0.3, 0.4) is 0 Å². The number of fused-ring (bicyclic) bond motifs is 1. The van der Waals surface area contributed by atoms with Gasteiger partial charge < -0.3 is 5.11 Å². The van der Waals surface area contributed by atoms with E-state index in [1.165, 1.54) is 0 Å². The van der Waals surface area contributed by atoms with Gasteiger partial charge in [0.2, 0.25) is 0 Å². The van der Waals surface area contributed by atoms with Gasteiger partial charge in [-0.15, -0.1) is 0 Å². The lowest BCUT2D eigenvalue weighted by Crippen LogP contribution is -1.90. The van der Waals surface area contributed by atoms with Crippen molar-refractivity contribution >= 4 is 33.6 Å². The van der Waals surface area contributed by atoms with Crippen LogP contribution in [0, 0.1) is 6.92 Å². The quantitative estimate of drug-likeness (QED) is 0.860. The predicted octanol–water partition coefficient (Wildman–Crippen LogP) is 2.50. The Hall–Kier alpha value is -1.62. The van der Waals surface area contributed by atoms with Gasteiger partial charge in [-0.3, -0.25) is 4.40 Å². The molecule has 4 nitrogen and oxygen atoms in total. The van der Waals surface area contributed by atoms with Crippen molar-refractivity contribution < 1.29 is 9.90 Å². The number of nitrogens with zero attached hydrogens (tertiary/aromatic N) is 2. The van der Waals surface area contributed by atoms with Crippen LogP contribution in [-0.4, -0.2) is 20.5 Å². The Kier molecular flexibility index (Phi) is 2.78. The van der Waals surface area contributed by atoms with Gasteiger partial charge >= 0.3 is 5.97 Å². The Morgan fingerprint density at radius 2 is 2.38 bits per heavy atom. The SMILES string of the molecule is Cc1nc2cc(Br)ccn2c1/C=C/C(=O)O. The second-order valence-corrected chi connectivity index (χ2v) is 4.24. The maximum atomic E-state index is 10.5. The first-order chi connectivity index (χ1) is 7.58. The monoisotopic (exact) mass is 280 g/mol. The first-order valence-electron chi connectivity index (χ1n) is 4.63. The van der Waals surface area contributed by atoms with Crippen LogP contribution in [0.4, 0.5) is 0 Å². The smallest absolute Gasteiger partial charge is 0.328 e. The fraction of sp³-hybridized carbons (Fsp3) is 0.0909. The van der Waals surface area contributed by atoms with E-state index < -0.39 is 5.97 Å². The summed E-state index contributed by atoms with van der Waals surface area (Å²) < 4.78 is 2.79. The van der Waals surface area contributed by atoms with Gasteiger partial charge in [0.15, 0.2) is 0 Å². The summed E-state index contributed by atoms with van der Waals surface area (Å²) in [6.45, 7) is 1.85. The maximum Gasteiger partial charge on any atom is 0.328 e. The van der Waals surface area contributed by atoms with Crippen LogP contribution in [0.25, 0.3) is 11.7 Å². The third kappa shape index (κ3) is 1.99. The highest BCUT2D eigenvalue weighted by Crippen LogP contribution is 2.17. The third-order valence-electron chi connectivity index (χ3n) is 2.19. The number of aryl methyl sites for hydroxylation is 1. The predicted molar refractivity (Wildman–Crippen MR) is 64.3 cm³/mol. The van der Waals surface area contributed by atoms with E-state index in [4.69, 9.17) is 5.11 Å². The minimum Gasteiger partial charge on any atom is -0.478 e. The molecule has 0 aliphatic carbocycles. The number of carbonyl (C=O) groups is 1. The van der Waals surface area contributed by atoms with Crippen LogP contribution in [0.15, 0.2) is 28.9 Å². The van der Waals surface area contributed by atoms with Gasteiger partial charge in [0, 0.05) is 16.7 Å². The molecular weight excluding hydrogens is 272 g/mol. The molecule has 16 heavy (non-hydrogen) atoms. The Morgan fingerprint density at radius 3 is 3.06 bits per heavy atom. The van der Waals surface area contributed by atoms with Crippen molar-refractivity contribution in [2.45, 2.75) is 6.92 Å². The molecule has 82 valence electrons. The van der Waals surface area contributed by atoms with E-state index in [1.54, 1.807) is 6.08 Å². The Morgan fingerprint density at radius 1 is 1.62 bits per heavy atom. The van der Waals surface area contributed by atoms with Gasteiger partial charge in [0.05, 0.1) is 11.4 Å². The highest BCUT2D eigenvalue weighted by Gasteiger charge is 2.06. The number of hydrogen-bond donors (Lipinski definition) is 1. The standard InChI is InChI=1S/C11H9BrN2O2/c1-7-9(2-3-11(15)16)14-5-4-8(12)6-10(14)13-7/h2-6H,1H3,(H,15,16)/b3-2+. The lowest BCUT2D eigenvalue weighted by molar-refractivity contribution is -0.131. The largest absolute Gasteiger partial charge is 0.478 e. The number of rotatable bonds is 2. The highest BCUT2D eigenvalue weighted by atomic mass is 79.9. The molecule has 0 amide bonds. The molecule has 0 radical (unpaired) electrons. The molecule has 2 heterocycles. The molecule has 5 heteroatoms. The van der Waals surface area contributed by atoms with Crippen LogP contribution >= 0.6 is 15.9 Å². The molecule has 0 unspecified atom stereocenters. The lowest BCUT2D eigenvalue weighted by Gasteiger charge is -1.97. The van der Waals surface area contributed by atoms with Gasteiger partial charge in [-0.1, -0.05) is 15.9 Å². The average Bonchev–Trinajstić information content (AvgIpc) is 2.50. The molecule has 0 aliphatic heterocycles. The maximum absolute atomic E-state index is 10.5.